The smallest absolute Gasteiger partial charge is 0.128 e. The van der Waals surface area contributed by atoms with Crippen LogP contribution >= 0.6 is 0 Å². The second-order valence-electron chi connectivity index (χ2n) is 7.52. The van der Waals surface area contributed by atoms with Crippen LogP contribution in [0.2, 0.25) is 0 Å². The van der Waals surface area contributed by atoms with E-state index < -0.39 is 0 Å². The van der Waals surface area contributed by atoms with Gasteiger partial charge in [-0.3, -0.25) is 9.80 Å². The maximum atomic E-state index is 5.65. The summed E-state index contributed by atoms with van der Waals surface area (Å²) in [5.41, 5.74) is 4.55. The van der Waals surface area contributed by atoms with Crippen LogP contribution in [0.4, 0.5) is 0 Å². The summed E-state index contributed by atoms with van der Waals surface area (Å²) in [5, 5.41) is 4.49. The first-order valence-electron chi connectivity index (χ1n) is 9.72. The Morgan fingerprint density at radius 1 is 1.04 bits per heavy atom. The molecule has 5 heteroatoms. The molecule has 27 heavy (non-hydrogen) atoms. The number of methoxy groups -OCH3 is 1. The first-order valence-corrected chi connectivity index (χ1v) is 9.72. The highest BCUT2D eigenvalue weighted by atomic mass is 16.5. The summed E-state index contributed by atoms with van der Waals surface area (Å²) in [7, 11) is 1.73. The van der Waals surface area contributed by atoms with E-state index in [0.717, 1.165) is 55.2 Å². The number of rotatable bonds is 5. The van der Waals surface area contributed by atoms with E-state index in [2.05, 4.69) is 65.1 Å². The summed E-state index contributed by atoms with van der Waals surface area (Å²) in [6, 6.07) is 15.4. The summed E-state index contributed by atoms with van der Waals surface area (Å²) in [6.07, 6.45) is 1.84. The summed E-state index contributed by atoms with van der Waals surface area (Å²) in [6.45, 7) is 10.1. The van der Waals surface area contributed by atoms with Gasteiger partial charge in [-0.25, -0.2) is 4.52 Å². The van der Waals surface area contributed by atoms with Crippen LogP contribution in [0.3, 0.4) is 0 Å². The van der Waals surface area contributed by atoms with Crippen LogP contribution in [-0.4, -0.2) is 58.7 Å². The second-order valence-corrected chi connectivity index (χ2v) is 7.52. The number of piperazine rings is 1. The summed E-state index contributed by atoms with van der Waals surface area (Å²) in [5.74, 6) is 0.881. The normalized spacial score (nSPS) is 16.3. The molecule has 0 saturated carbocycles. The quantitative estimate of drug-likeness (QED) is 0.693. The Labute approximate surface area is 161 Å². The lowest BCUT2D eigenvalue weighted by molar-refractivity contribution is 0.104. The van der Waals surface area contributed by atoms with Crippen molar-refractivity contribution >= 4 is 5.52 Å². The van der Waals surface area contributed by atoms with E-state index in [0.29, 0.717) is 6.04 Å². The molecule has 1 aromatic carbocycles. The molecule has 0 aliphatic carbocycles. The maximum absolute atomic E-state index is 5.65. The minimum atomic E-state index is 0.634. The molecule has 4 rings (SSSR count). The fourth-order valence-corrected chi connectivity index (χ4v) is 3.90. The Morgan fingerprint density at radius 3 is 2.59 bits per heavy atom. The Kier molecular flexibility index (Phi) is 5.14. The zero-order valence-electron chi connectivity index (χ0n) is 16.4. The van der Waals surface area contributed by atoms with Gasteiger partial charge in [0.25, 0.3) is 0 Å². The zero-order valence-corrected chi connectivity index (χ0v) is 16.4. The van der Waals surface area contributed by atoms with Gasteiger partial charge < -0.3 is 4.74 Å². The van der Waals surface area contributed by atoms with Gasteiger partial charge in [0, 0.05) is 44.3 Å². The van der Waals surface area contributed by atoms with Crippen molar-refractivity contribution in [2.75, 3.05) is 33.3 Å². The highest BCUT2D eigenvalue weighted by molar-refractivity contribution is 5.71. The summed E-state index contributed by atoms with van der Waals surface area (Å²) >= 11 is 0. The average Bonchev–Trinajstić information content (AvgIpc) is 3.17. The van der Waals surface area contributed by atoms with E-state index in [4.69, 9.17) is 4.74 Å². The van der Waals surface area contributed by atoms with Crippen LogP contribution in [0.25, 0.3) is 16.8 Å². The predicted molar refractivity (Wildman–Crippen MR) is 109 cm³/mol. The number of ether oxygens (including phenoxy) is 1. The number of pyridine rings is 1. The van der Waals surface area contributed by atoms with E-state index >= 15 is 0 Å². The largest absolute Gasteiger partial charge is 0.496 e. The molecular weight excluding hydrogens is 336 g/mol. The van der Waals surface area contributed by atoms with E-state index in [-0.39, 0.29) is 0 Å². The molecule has 0 amide bonds. The van der Waals surface area contributed by atoms with Gasteiger partial charge in [-0.15, -0.1) is 0 Å². The Balaban J connectivity index is 1.59. The monoisotopic (exact) mass is 364 g/mol. The fourth-order valence-electron chi connectivity index (χ4n) is 3.90. The number of nitrogens with zero attached hydrogens (tertiary/aromatic N) is 4. The topological polar surface area (TPSA) is 33.0 Å². The van der Waals surface area contributed by atoms with Crippen LogP contribution < -0.4 is 4.74 Å². The summed E-state index contributed by atoms with van der Waals surface area (Å²) in [4.78, 5) is 5.09. The van der Waals surface area contributed by atoms with Gasteiger partial charge in [-0.2, -0.15) is 5.10 Å². The average molecular weight is 364 g/mol. The van der Waals surface area contributed by atoms with E-state index in [1.807, 2.05) is 16.8 Å². The summed E-state index contributed by atoms with van der Waals surface area (Å²) < 4.78 is 7.62. The molecule has 0 unspecified atom stereocenters. The minimum absolute atomic E-state index is 0.634. The lowest BCUT2D eigenvalue weighted by Gasteiger charge is -2.37. The first kappa shape index (κ1) is 18.0. The molecule has 0 atom stereocenters. The SMILES string of the molecule is COc1ccc(CN2CCN(C(C)C)CC2)cc1-c1cccc2ccnn12. The zero-order chi connectivity index (χ0) is 18.8. The molecule has 3 aromatic rings. The molecule has 0 spiro atoms. The van der Waals surface area contributed by atoms with Gasteiger partial charge in [0.1, 0.15) is 5.75 Å². The molecule has 1 saturated heterocycles. The standard InChI is InChI=1S/C22H28N4O/c1-17(2)25-13-11-24(12-14-25)16-18-7-8-22(27-3)20(15-18)21-6-4-5-19-9-10-23-26(19)21/h4-10,15,17H,11-14,16H2,1-3H3. The molecular formula is C22H28N4O. The van der Waals surface area contributed by atoms with Crippen LogP contribution in [0.15, 0.2) is 48.7 Å². The minimum Gasteiger partial charge on any atom is -0.496 e. The van der Waals surface area contributed by atoms with Crippen molar-refractivity contribution in [1.82, 2.24) is 19.4 Å². The Bertz CT molecular complexity index is 910. The molecule has 2 aromatic heterocycles. The van der Waals surface area contributed by atoms with Crippen molar-refractivity contribution in [2.24, 2.45) is 0 Å². The second kappa shape index (κ2) is 7.71. The maximum Gasteiger partial charge on any atom is 0.128 e. The first-order chi connectivity index (χ1) is 13.2. The van der Waals surface area contributed by atoms with Crippen molar-refractivity contribution in [3.8, 4) is 17.0 Å². The third kappa shape index (κ3) is 3.70. The number of fused-ring (bicyclic) bond motifs is 1. The third-order valence-electron chi connectivity index (χ3n) is 5.50. The Hall–Kier alpha value is -2.37. The molecule has 0 radical (unpaired) electrons. The van der Waals surface area contributed by atoms with Gasteiger partial charge in [0.05, 0.1) is 24.5 Å². The lowest BCUT2D eigenvalue weighted by atomic mass is 10.0. The van der Waals surface area contributed by atoms with E-state index in [1.165, 1.54) is 5.56 Å². The van der Waals surface area contributed by atoms with Gasteiger partial charge in [0.15, 0.2) is 0 Å². The van der Waals surface area contributed by atoms with Crippen molar-refractivity contribution in [2.45, 2.75) is 26.4 Å². The van der Waals surface area contributed by atoms with Gasteiger partial charge in [0.2, 0.25) is 0 Å². The molecule has 0 bridgehead atoms. The van der Waals surface area contributed by atoms with E-state index in [9.17, 15) is 0 Å². The van der Waals surface area contributed by atoms with Gasteiger partial charge in [-0.05, 0) is 49.7 Å². The molecule has 5 nitrogen and oxygen atoms in total. The van der Waals surface area contributed by atoms with Crippen molar-refractivity contribution in [1.29, 1.82) is 0 Å². The van der Waals surface area contributed by atoms with Crippen LogP contribution in [0.1, 0.15) is 19.4 Å². The Morgan fingerprint density at radius 2 is 1.85 bits per heavy atom. The molecule has 3 heterocycles. The number of benzene rings is 1. The fraction of sp³-hybridized carbons (Fsp3) is 0.409. The molecule has 142 valence electrons. The molecule has 1 aliphatic heterocycles. The lowest BCUT2D eigenvalue weighted by Crippen LogP contribution is -2.48. The predicted octanol–water partition coefficient (Wildman–Crippen LogP) is 3.54. The number of hydrogen-bond donors (Lipinski definition) is 0. The van der Waals surface area contributed by atoms with Gasteiger partial charge >= 0.3 is 0 Å². The van der Waals surface area contributed by atoms with Crippen molar-refractivity contribution in [3.63, 3.8) is 0 Å². The highest BCUT2D eigenvalue weighted by Gasteiger charge is 2.19. The molecule has 0 N–H and O–H groups in total. The van der Waals surface area contributed by atoms with Crippen molar-refractivity contribution < 1.29 is 4.74 Å². The van der Waals surface area contributed by atoms with Crippen LogP contribution in [0.5, 0.6) is 5.75 Å². The van der Waals surface area contributed by atoms with Gasteiger partial charge in [-0.1, -0.05) is 12.1 Å². The van der Waals surface area contributed by atoms with Crippen LogP contribution in [0, 0.1) is 0 Å². The number of hydrogen-bond acceptors (Lipinski definition) is 4. The van der Waals surface area contributed by atoms with E-state index in [1.54, 1.807) is 7.11 Å². The number of aromatic nitrogens is 2. The third-order valence-corrected chi connectivity index (χ3v) is 5.50. The molecule has 1 aliphatic rings. The highest BCUT2D eigenvalue weighted by Crippen LogP contribution is 2.31. The van der Waals surface area contributed by atoms with Crippen LogP contribution in [-0.2, 0) is 6.54 Å². The molecule has 1 fully saturated rings. The van der Waals surface area contributed by atoms with Crippen molar-refractivity contribution in [3.05, 3.63) is 54.2 Å².